The second kappa shape index (κ2) is 22.1. The number of ether oxygens (including phenoxy) is 2. The number of H-pyrrole nitrogens is 1. The quantitative estimate of drug-likeness (QED) is 0.130. The van der Waals surface area contributed by atoms with Crippen molar-refractivity contribution in [3.05, 3.63) is 203 Å². The van der Waals surface area contributed by atoms with Crippen molar-refractivity contribution in [2.75, 3.05) is 14.2 Å². The Balaban J connectivity index is 0.000000188. The van der Waals surface area contributed by atoms with Crippen molar-refractivity contribution in [2.24, 2.45) is 0 Å². The fraction of sp³-hybridized carbons (Fsp3) is 0.0426. The van der Waals surface area contributed by atoms with E-state index < -0.39 is 5.97 Å². The summed E-state index contributed by atoms with van der Waals surface area (Å²) < 4.78 is 52.0. The standard InChI is InChI=1S/C16H12FNO2.C15H10FNO2.C10H9NO2.C6H4BrF.Li.H2O/c1-20-16(19)12-2-7-15-11(10-12)8-9-18(15)14-5-3-13(17)4-6-14;16-12-2-4-13(5-3-12)17-8-7-10-9-11(15(18)19)1-6-14(10)17;1-13-10(12)8-2-3-9-7(6-8)4-5-11-9;7-5-1-3-6(8)4-2-5;;/h2-10H,1H3;1-9H,(H,18,19);2-6,11H,1H3;1-4H;;1H2/q;;;;+1;/p-1. The molecule has 9 rings (SSSR count). The molecule has 0 spiro atoms. The maximum absolute atomic E-state index is 13.0. The monoisotopic (exact) mass is 897 g/mol. The molecule has 0 radical (unpaired) electrons. The Labute approximate surface area is 373 Å². The number of methoxy groups -OCH3 is 2. The van der Waals surface area contributed by atoms with Crippen LogP contribution < -0.4 is 18.9 Å². The van der Waals surface area contributed by atoms with E-state index in [1.807, 2.05) is 58.1 Å². The number of rotatable bonds is 5. The molecule has 0 saturated carbocycles. The van der Waals surface area contributed by atoms with Crippen LogP contribution in [-0.2, 0) is 9.47 Å². The first-order valence-electron chi connectivity index (χ1n) is 18.1. The van der Waals surface area contributed by atoms with Crippen LogP contribution in [0.4, 0.5) is 13.2 Å². The smallest absolute Gasteiger partial charge is 0.870 e. The number of benzene rings is 6. The second-order valence-corrected chi connectivity index (χ2v) is 13.8. The first kappa shape index (κ1) is 47.9. The summed E-state index contributed by atoms with van der Waals surface area (Å²) in [6.45, 7) is 0. The molecule has 15 heteroatoms. The van der Waals surface area contributed by atoms with Gasteiger partial charge >= 0.3 is 36.8 Å². The maximum Gasteiger partial charge on any atom is 1.00 e. The molecule has 6 aromatic carbocycles. The number of carboxylic acids is 1. The molecular formula is C47H36BrF3LiN3O7. The number of fused-ring (bicyclic) bond motifs is 3. The molecule has 62 heavy (non-hydrogen) atoms. The zero-order valence-electron chi connectivity index (χ0n) is 33.4. The first-order chi connectivity index (χ1) is 28.9. The summed E-state index contributed by atoms with van der Waals surface area (Å²) in [6.07, 6.45) is 5.56. The Bertz CT molecular complexity index is 2890. The van der Waals surface area contributed by atoms with E-state index in [4.69, 9.17) is 9.84 Å². The van der Waals surface area contributed by atoms with Crippen LogP contribution in [-0.4, -0.2) is 56.8 Å². The second-order valence-electron chi connectivity index (χ2n) is 12.9. The molecule has 0 atom stereocenters. The maximum atomic E-state index is 13.0. The number of aromatic carboxylic acids is 1. The zero-order valence-corrected chi connectivity index (χ0v) is 35.0. The van der Waals surface area contributed by atoms with Crippen molar-refractivity contribution in [3.8, 4) is 11.4 Å². The number of hydrogen-bond donors (Lipinski definition) is 2. The number of aromatic nitrogens is 3. The van der Waals surface area contributed by atoms with E-state index >= 15 is 0 Å². The van der Waals surface area contributed by atoms with E-state index in [0.717, 1.165) is 48.6 Å². The molecule has 0 saturated heterocycles. The molecule has 0 aliphatic rings. The van der Waals surface area contributed by atoms with E-state index in [1.165, 1.54) is 50.6 Å². The fourth-order valence-corrected chi connectivity index (χ4v) is 6.31. The predicted octanol–water partition coefficient (Wildman–Crippen LogP) is 8.39. The molecule has 3 aromatic heterocycles. The number of nitrogens with zero attached hydrogens (tertiary/aromatic N) is 2. The average Bonchev–Trinajstić information content (AvgIpc) is 4.04. The summed E-state index contributed by atoms with van der Waals surface area (Å²) in [5.74, 6) is -2.36. The molecule has 10 nitrogen and oxygen atoms in total. The van der Waals surface area contributed by atoms with E-state index in [9.17, 15) is 27.6 Å². The molecule has 3 N–H and O–H groups in total. The normalized spacial score (nSPS) is 10.1. The number of hydrogen-bond acceptors (Lipinski definition) is 6. The van der Waals surface area contributed by atoms with E-state index in [1.54, 1.807) is 78.9 Å². The fourth-order valence-electron chi connectivity index (χ4n) is 6.04. The molecular weight excluding hydrogens is 862 g/mol. The van der Waals surface area contributed by atoms with Gasteiger partial charge in [-0.1, -0.05) is 15.9 Å². The summed E-state index contributed by atoms with van der Waals surface area (Å²) in [6, 6.07) is 39.9. The molecule has 0 fully saturated rings. The number of nitrogens with one attached hydrogen (secondary N) is 1. The summed E-state index contributed by atoms with van der Waals surface area (Å²) in [4.78, 5) is 36.6. The van der Waals surface area contributed by atoms with Crippen LogP contribution in [0.3, 0.4) is 0 Å². The number of aromatic amines is 1. The summed E-state index contributed by atoms with van der Waals surface area (Å²) in [5.41, 5.74) is 5.90. The summed E-state index contributed by atoms with van der Waals surface area (Å²) >= 11 is 3.18. The molecule has 0 aliphatic carbocycles. The number of carbonyl (C=O) groups excluding carboxylic acids is 2. The minimum absolute atomic E-state index is 0. The van der Waals surface area contributed by atoms with E-state index in [-0.39, 0.29) is 59.3 Å². The molecule has 0 aliphatic heterocycles. The van der Waals surface area contributed by atoms with Crippen molar-refractivity contribution >= 4 is 66.5 Å². The van der Waals surface area contributed by atoms with Gasteiger partial charge in [0.05, 0.1) is 41.9 Å². The third kappa shape index (κ3) is 11.9. The third-order valence-electron chi connectivity index (χ3n) is 9.04. The molecule has 0 unspecified atom stereocenters. The largest absolute Gasteiger partial charge is 1.00 e. The Kier molecular flexibility index (Phi) is 17.1. The topological polar surface area (TPSA) is 146 Å². The van der Waals surface area contributed by atoms with Crippen molar-refractivity contribution in [2.45, 2.75) is 0 Å². The van der Waals surface area contributed by atoms with Crippen LogP contribution in [0.5, 0.6) is 0 Å². The van der Waals surface area contributed by atoms with Gasteiger partial charge in [-0.15, -0.1) is 0 Å². The van der Waals surface area contributed by atoms with Crippen molar-refractivity contribution in [1.29, 1.82) is 0 Å². The molecule has 9 aromatic rings. The van der Waals surface area contributed by atoms with Gasteiger partial charge in [-0.05, 0) is 146 Å². The van der Waals surface area contributed by atoms with Crippen LogP contribution >= 0.6 is 15.9 Å². The summed E-state index contributed by atoms with van der Waals surface area (Å²) in [5, 5.41) is 11.7. The number of carboxylic acid groups (broad SMARTS) is 1. The molecule has 0 amide bonds. The van der Waals surface area contributed by atoms with Crippen LogP contribution in [0.25, 0.3) is 44.1 Å². The zero-order chi connectivity index (χ0) is 42.8. The van der Waals surface area contributed by atoms with Crippen molar-refractivity contribution in [3.63, 3.8) is 0 Å². The van der Waals surface area contributed by atoms with Crippen LogP contribution in [0.2, 0.25) is 0 Å². The summed E-state index contributed by atoms with van der Waals surface area (Å²) in [7, 11) is 2.74. The Morgan fingerprint density at radius 3 is 1.39 bits per heavy atom. The molecule has 3 heterocycles. The average molecular weight is 899 g/mol. The Morgan fingerprint density at radius 2 is 0.952 bits per heavy atom. The van der Waals surface area contributed by atoms with Gasteiger partial charge in [0.2, 0.25) is 0 Å². The number of esters is 2. The number of halogens is 4. The van der Waals surface area contributed by atoms with Crippen LogP contribution in [0, 0.1) is 17.5 Å². The SMILES string of the molecule is COC(=O)c1ccc2[nH]ccc2c1.COC(=O)c1ccc2c(ccn2-c2ccc(F)cc2)c1.Fc1ccc(Br)cc1.O=C(O)c1ccc2c(ccn2-c2ccc(F)cc2)c1.[Li+].[OH-]. The van der Waals surface area contributed by atoms with Gasteiger partial charge in [-0.3, -0.25) is 0 Å². The van der Waals surface area contributed by atoms with Gasteiger partial charge in [-0.2, -0.15) is 0 Å². The van der Waals surface area contributed by atoms with E-state index in [0.29, 0.717) is 11.1 Å². The van der Waals surface area contributed by atoms with Gasteiger partial charge in [0, 0.05) is 56.1 Å². The minimum Gasteiger partial charge on any atom is -0.870 e. The van der Waals surface area contributed by atoms with Crippen molar-refractivity contribution in [1.82, 2.24) is 14.1 Å². The van der Waals surface area contributed by atoms with Gasteiger partial charge < -0.3 is 34.2 Å². The minimum atomic E-state index is -0.948. The van der Waals surface area contributed by atoms with Gasteiger partial charge in [-0.25, -0.2) is 27.6 Å². The van der Waals surface area contributed by atoms with Crippen LogP contribution in [0.1, 0.15) is 31.1 Å². The first-order valence-corrected chi connectivity index (χ1v) is 18.9. The Morgan fingerprint density at radius 1 is 0.548 bits per heavy atom. The van der Waals surface area contributed by atoms with Gasteiger partial charge in [0.15, 0.2) is 0 Å². The van der Waals surface area contributed by atoms with Gasteiger partial charge in [0.25, 0.3) is 0 Å². The van der Waals surface area contributed by atoms with Crippen molar-refractivity contribution < 1.29 is 66.5 Å². The molecule has 0 bridgehead atoms. The Hall–Kier alpha value is -6.82. The third-order valence-corrected chi connectivity index (χ3v) is 9.56. The van der Waals surface area contributed by atoms with Gasteiger partial charge in [0.1, 0.15) is 17.5 Å². The van der Waals surface area contributed by atoms with Crippen LogP contribution in [0.15, 0.2) is 169 Å². The molecule has 310 valence electrons. The van der Waals surface area contributed by atoms with E-state index in [2.05, 4.69) is 25.7 Å². The number of carbonyl (C=O) groups is 3. The predicted molar refractivity (Wildman–Crippen MR) is 230 cm³/mol.